The molecule has 0 aliphatic carbocycles. The second kappa shape index (κ2) is 5.31. The van der Waals surface area contributed by atoms with Crippen LogP contribution in [0.4, 0.5) is 0 Å². The molecule has 0 spiro atoms. The highest BCUT2D eigenvalue weighted by molar-refractivity contribution is 5.83. The van der Waals surface area contributed by atoms with E-state index in [4.69, 9.17) is 4.42 Å². The van der Waals surface area contributed by atoms with Gasteiger partial charge in [0.2, 0.25) is 11.8 Å². The van der Waals surface area contributed by atoms with E-state index in [0.717, 1.165) is 31.7 Å². The lowest BCUT2D eigenvalue weighted by atomic mass is 10.2. The summed E-state index contributed by atoms with van der Waals surface area (Å²) in [6, 6.07) is -0.0272. The Kier molecular flexibility index (Phi) is 3.78. The van der Waals surface area contributed by atoms with Gasteiger partial charge in [0, 0.05) is 13.0 Å². The van der Waals surface area contributed by atoms with Gasteiger partial charge in [0.05, 0.1) is 18.8 Å². The smallest absolute Gasteiger partial charge is 0.240 e. The summed E-state index contributed by atoms with van der Waals surface area (Å²) >= 11 is 0. The molecule has 2 rings (SSSR count). The summed E-state index contributed by atoms with van der Waals surface area (Å²) in [6.45, 7) is 6.12. The van der Waals surface area contributed by atoms with E-state index in [1.165, 1.54) is 0 Å². The number of oxazole rings is 1. The summed E-state index contributed by atoms with van der Waals surface area (Å²) in [4.78, 5) is 17.9. The van der Waals surface area contributed by atoms with Crippen LogP contribution in [0.25, 0.3) is 0 Å². The van der Waals surface area contributed by atoms with E-state index in [1.807, 2.05) is 13.8 Å². The van der Waals surface area contributed by atoms with Crippen LogP contribution in [0.5, 0.6) is 0 Å². The fraction of sp³-hybridized carbons (Fsp3) is 0.667. The van der Waals surface area contributed by atoms with Crippen molar-refractivity contribution in [1.29, 1.82) is 0 Å². The van der Waals surface area contributed by atoms with Gasteiger partial charge in [-0.2, -0.15) is 0 Å². The highest BCUT2D eigenvalue weighted by atomic mass is 16.4. The van der Waals surface area contributed by atoms with Gasteiger partial charge in [-0.1, -0.05) is 13.8 Å². The number of carbonyl (C=O) groups excluding carboxylic acids is 1. The van der Waals surface area contributed by atoms with E-state index in [-0.39, 0.29) is 11.9 Å². The molecule has 5 heteroatoms. The van der Waals surface area contributed by atoms with Crippen molar-refractivity contribution in [2.75, 3.05) is 13.1 Å². The Balaban J connectivity index is 1.94. The molecule has 1 N–H and O–H groups in total. The monoisotopic (exact) mass is 237 g/mol. The fourth-order valence-electron chi connectivity index (χ4n) is 2.08. The minimum Gasteiger partial charge on any atom is -0.444 e. The fourth-order valence-corrected chi connectivity index (χ4v) is 2.08. The van der Waals surface area contributed by atoms with Crippen LogP contribution in [0, 0.1) is 0 Å². The topological polar surface area (TPSA) is 58.4 Å². The second-order valence-electron chi connectivity index (χ2n) is 4.23. The summed E-state index contributed by atoms with van der Waals surface area (Å²) in [6.07, 6.45) is 3.44. The number of likely N-dealkylation sites (N-methyl/N-ethyl adjacent to an activating group) is 1. The number of aryl methyl sites for hydroxylation is 1. The summed E-state index contributed by atoms with van der Waals surface area (Å²) in [5, 5.41) is 3.18. The lowest BCUT2D eigenvalue weighted by Gasteiger charge is -2.14. The van der Waals surface area contributed by atoms with Gasteiger partial charge in [0.15, 0.2) is 0 Å². The average Bonchev–Trinajstić information content (AvgIpc) is 2.91. The van der Waals surface area contributed by atoms with Crippen molar-refractivity contribution in [1.82, 2.24) is 15.2 Å². The molecule has 1 unspecified atom stereocenters. The zero-order valence-corrected chi connectivity index (χ0v) is 10.4. The van der Waals surface area contributed by atoms with Gasteiger partial charge in [0.1, 0.15) is 5.76 Å². The Labute approximate surface area is 101 Å². The molecule has 1 atom stereocenters. The molecule has 17 heavy (non-hydrogen) atoms. The van der Waals surface area contributed by atoms with Crippen LogP contribution in [0.15, 0.2) is 10.6 Å². The first kappa shape index (κ1) is 12.1. The number of rotatable bonds is 5. The molecule has 1 saturated heterocycles. The maximum absolute atomic E-state index is 12.0. The van der Waals surface area contributed by atoms with Crippen LogP contribution in [0.1, 0.15) is 31.9 Å². The minimum absolute atomic E-state index is 0.0272. The molecule has 0 aromatic carbocycles. The predicted molar refractivity (Wildman–Crippen MR) is 63.4 cm³/mol. The average molecular weight is 237 g/mol. The van der Waals surface area contributed by atoms with Crippen LogP contribution in [0.3, 0.4) is 0 Å². The summed E-state index contributed by atoms with van der Waals surface area (Å²) in [5.41, 5.74) is 0. The molecular formula is C12H19N3O2. The van der Waals surface area contributed by atoms with Gasteiger partial charge in [-0.15, -0.1) is 0 Å². The van der Waals surface area contributed by atoms with Crippen molar-refractivity contribution >= 4 is 5.91 Å². The number of likely N-dealkylation sites (tertiary alicyclic amines) is 1. The van der Waals surface area contributed by atoms with Gasteiger partial charge >= 0.3 is 0 Å². The van der Waals surface area contributed by atoms with E-state index in [0.29, 0.717) is 12.4 Å². The Morgan fingerprint density at radius 2 is 2.41 bits per heavy atom. The number of hydrogen-bond acceptors (Lipinski definition) is 4. The second-order valence-corrected chi connectivity index (χ2v) is 4.23. The number of hydrogen-bond donors (Lipinski definition) is 1. The third-order valence-electron chi connectivity index (χ3n) is 3.02. The molecule has 1 amide bonds. The Hall–Kier alpha value is -1.36. The van der Waals surface area contributed by atoms with Crippen molar-refractivity contribution in [2.45, 2.75) is 39.3 Å². The van der Waals surface area contributed by atoms with E-state index in [1.54, 1.807) is 11.1 Å². The number of amides is 1. The SMILES string of the molecule is CCNC1CCN(Cc2ncc(CC)o2)C1=O. The molecule has 0 bridgehead atoms. The Morgan fingerprint density at radius 3 is 3.06 bits per heavy atom. The van der Waals surface area contributed by atoms with Crippen LogP contribution in [-0.2, 0) is 17.8 Å². The molecule has 94 valence electrons. The molecule has 1 fully saturated rings. The van der Waals surface area contributed by atoms with Gasteiger partial charge in [0.25, 0.3) is 0 Å². The zero-order valence-electron chi connectivity index (χ0n) is 10.4. The molecule has 2 heterocycles. The largest absolute Gasteiger partial charge is 0.444 e. The zero-order chi connectivity index (χ0) is 12.3. The van der Waals surface area contributed by atoms with Gasteiger partial charge in [-0.05, 0) is 13.0 Å². The van der Waals surface area contributed by atoms with Crippen LogP contribution in [-0.4, -0.2) is 34.9 Å². The van der Waals surface area contributed by atoms with Crippen LogP contribution in [0.2, 0.25) is 0 Å². The summed E-state index contributed by atoms with van der Waals surface area (Å²) < 4.78 is 5.51. The molecular weight excluding hydrogens is 218 g/mol. The summed E-state index contributed by atoms with van der Waals surface area (Å²) in [7, 11) is 0. The minimum atomic E-state index is -0.0272. The maximum atomic E-state index is 12.0. The van der Waals surface area contributed by atoms with Crippen molar-refractivity contribution < 1.29 is 9.21 Å². The molecule has 0 radical (unpaired) electrons. The third-order valence-corrected chi connectivity index (χ3v) is 3.02. The highest BCUT2D eigenvalue weighted by Gasteiger charge is 2.31. The third kappa shape index (κ3) is 2.66. The molecule has 0 saturated carbocycles. The Bertz CT molecular complexity index is 389. The number of carbonyl (C=O) groups is 1. The first-order valence-corrected chi connectivity index (χ1v) is 6.20. The molecule has 1 aliphatic rings. The summed E-state index contributed by atoms with van der Waals surface area (Å²) in [5.74, 6) is 1.66. The number of nitrogens with one attached hydrogen (secondary N) is 1. The van der Waals surface area contributed by atoms with Crippen molar-refractivity contribution in [3.8, 4) is 0 Å². The van der Waals surface area contributed by atoms with Crippen molar-refractivity contribution in [3.05, 3.63) is 17.8 Å². The van der Waals surface area contributed by atoms with Gasteiger partial charge in [-0.3, -0.25) is 4.79 Å². The van der Waals surface area contributed by atoms with Crippen molar-refractivity contribution in [2.24, 2.45) is 0 Å². The van der Waals surface area contributed by atoms with Crippen molar-refractivity contribution in [3.63, 3.8) is 0 Å². The van der Waals surface area contributed by atoms with Crippen LogP contribution >= 0.6 is 0 Å². The van der Waals surface area contributed by atoms with E-state index >= 15 is 0 Å². The lowest BCUT2D eigenvalue weighted by Crippen LogP contribution is -2.37. The quantitative estimate of drug-likeness (QED) is 0.828. The first-order valence-electron chi connectivity index (χ1n) is 6.20. The normalized spacial score (nSPS) is 20.2. The first-order chi connectivity index (χ1) is 8.24. The molecule has 1 aromatic rings. The van der Waals surface area contributed by atoms with E-state index < -0.39 is 0 Å². The number of aromatic nitrogens is 1. The predicted octanol–water partition coefficient (Wildman–Crippen LogP) is 0.947. The number of nitrogens with zero attached hydrogens (tertiary/aromatic N) is 2. The van der Waals surface area contributed by atoms with Gasteiger partial charge < -0.3 is 14.6 Å². The molecule has 1 aromatic heterocycles. The standard InChI is InChI=1S/C12H19N3O2/c1-3-9-7-14-11(17-9)8-15-6-5-10(12(15)16)13-4-2/h7,10,13H,3-6,8H2,1-2H3. The Morgan fingerprint density at radius 1 is 1.59 bits per heavy atom. The van der Waals surface area contributed by atoms with E-state index in [9.17, 15) is 4.79 Å². The lowest BCUT2D eigenvalue weighted by molar-refractivity contribution is -0.130. The maximum Gasteiger partial charge on any atom is 0.240 e. The molecule has 1 aliphatic heterocycles. The molecule has 5 nitrogen and oxygen atoms in total. The van der Waals surface area contributed by atoms with E-state index in [2.05, 4.69) is 10.3 Å². The van der Waals surface area contributed by atoms with Crippen LogP contribution < -0.4 is 5.32 Å². The van der Waals surface area contributed by atoms with Gasteiger partial charge in [-0.25, -0.2) is 4.98 Å². The highest BCUT2D eigenvalue weighted by Crippen LogP contribution is 2.15.